The van der Waals surface area contributed by atoms with Gasteiger partial charge in [-0.3, -0.25) is 9.36 Å². The molecule has 0 aliphatic heterocycles. The molecule has 0 bridgehead atoms. The number of benzene rings is 2. The highest BCUT2D eigenvalue weighted by molar-refractivity contribution is 5.79. The minimum absolute atomic E-state index is 0.0634. The molecule has 1 atom stereocenters. The van der Waals surface area contributed by atoms with E-state index in [4.69, 9.17) is 4.42 Å². The first kappa shape index (κ1) is 15.1. The van der Waals surface area contributed by atoms with Crippen LogP contribution in [0.1, 0.15) is 24.1 Å². The molecule has 0 aliphatic carbocycles. The Morgan fingerprint density at radius 3 is 2.61 bits per heavy atom. The van der Waals surface area contributed by atoms with Crippen LogP contribution in [-0.4, -0.2) is 10.5 Å². The summed E-state index contributed by atoms with van der Waals surface area (Å²) in [5, 5.41) is 2.91. The highest BCUT2D eigenvalue weighted by Crippen LogP contribution is 2.14. The molecule has 1 N–H and O–H groups in total. The average Bonchev–Trinajstić information content (AvgIpc) is 2.84. The third-order valence-corrected chi connectivity index (χ3v) is 3.83. The van der Waals surface area contributed by atoms with Crippen molar-refractivity contribution in [1.29, 1.82) is 0 Å². The lowest BCUT2D eigenvalue weighted by Gasteiger charge is -2.14. The van der Waals surface area contributed by atoms with E-state index in [9.17, 15) is 9.59 Å². The second-order valence-corrected chi connectivity index (χ2v) is 5.62. The molecular weight excluding hydrogens is 292 g/mol. The van der Waals surface area contributed by atoms with Gasteiger partial charge in [0.2, 0.25) is 5.91 Å². The van der Waals surface area contributed by atoms with Crippen LogP contribution < -0.4 is 11.1 Å². The van der Waals surface area contributed by atoms with E-state index in [1.54, 1.807) is 24.3 Å². The normalized spacial score (nSPS) is 12.3. The average molecular weight is 310 g/mol. The fourth-order valence-corrected chi connectivity index (χ4v) is 2.53. The molecule has 1 heterocycles. The van der Waals surface area contributed by atoms with Crippen LogP contribution in [0, 0.1) is 6.92 Å². The standard InChI is InChI=1S/C18H18N2O3/c1-12-7-9-14(10-8-12)13(2)19-17(21)11-20-15-5-3-4-6-16(15)23-18(20)22/h3-10,13H,11H2,1-2H3,(H,19,21). The van der Waals surface area contributed by atoms with E-state index in [1.807, 2.05) is 38.1 Å². The van der Waals surface area contributed by atoms with Crippen molar-refractivity contribution in [2.24, 2.45) is 0 Å². The third kappa shape index (κ3) is 3.18. The summed E-state index contributed by atoms with van der Waals surface area (Å²) in [5.41, 5.74) is 3.30. The Kier molecular flexibility index (Phi) is 4.02. The van der Waals surface area contributed by atoms with Crippen molar-refractivity contribution in [2.75, 3.05) is 0 Å². The number of rotatable bonds is 4. The van der Waals surface area contributed by atoms with E-state index >= 15 is 0 Å². The van der Waals surface area contributed by atoms with Crippen molar-refractivity contribution in [3.05, 3.63) is 70.2 Å². The van der Waals surface area contributed by atoms with Gasteiger partial charge in [-0.05, 0) is 31.5 Å². The fourth-order valence-electron chi connectivity index (χ4n) is 2.53. The van der Waals surface area contributed by atoms with E-state index in [-0.39, 0.29) is 18.5 Å². The lowest BCUT2D eigenvalue weighted by atomic mass is 10.1. The number of amides is 1. The Morgan fingerprint density at radius 2 is 1.87 bits per heavy atom. The van der Waals surface area contributed by atoms with Gasteiger partial charge in [0.25, 0.3) is 0 Å². The zero-order chi connectivity index (χ0) is 16.4. The number of carbonyl (C=O) groups is 1. The highest BCUT2D eigenvalue weighted by atomic mass is 16.4. The Labute approximate surface area is 133 Å². The van der Waals surface area contributed by atoms with Crippen LogP contribution in [-0.2, 0) is 11.3 Å². The molecule has 5 nitrogen and oxygen atoms in total. The number of aromatic nitrogens is 1. The van der Waals surface area contributed by atoms with E-state index in [2.05, 4.69) is 5.32 Å². The molecule has 0 radical (unpaired) electrons. The van der Waals surface area contributed by atoms with Gasteiger partial charge >= 0.3 is 5.76 Å². The molecule has 0 spiro atoms. The molecule has 0 fully saturated rings. The molecule has 2 aromatic carbocycles. The van der Waals surface area contributed by atoms with Crippen LogP contribution in [0.15, 0.2) is 57.7 Å². The third-order valence-electron chi connectivity index (χ3n) is 3.83. The number of aryl methyl sites for hydroxylation is 1. The fraction of sp³-hybridized carbons (Fsp3) is 0.222. The van der Waals surface area contributed by atoms with Crippen molar-refractivity contribution in [2.45, 2.75) is 26.4 Å². The number of hydrogen-bond acceptors (Lipinski definition) is 3. The molecule has 3 aromatic rings. The van der Waals surface area contributed by atoms with Crippen molar-refractivity contribution < 1.29 is 9.21 Å². The molecule has 1 amide bonds. The second-order valence-electron chi connectivity index (χ2n) is 5.62. The Morgan fingerprint density at radius 1 is 1.17 bits per heavy atom. The molecular formula is C18H18N2O3. The van der Waals surface area contributed by atoms with Crippen LogP contribution >= 0.6 is 0 Å². The van der Waals surface area contributed by atoms with Crippen LogP contribution in [0.25, 0.3) is 11.1 Å². The maximum absolute atomic E-state index is 12.2. The van der Waals surface area contributed by atoms with E-state index in [0.29, 0.717) is 11.1 Å². The quantitative estimate of drug-likeness (QED) is 0.806. The number of nitrogens with zero attached hydrogens (tertiary/aromatic N) is 1. The smallest absolute Gasteiger partial charge is 0.408 e. The van der Waals surface area contributed by atoms with Crippen molar-refractivity contribution in [1.82, 2.24) is 9.88 Å². The second kappa shape index (κ2) is 6.12. The first-order valence-electron chi connectivity index (χ1n) is 7.49. The van der Waals surface area contributed by atoms with Crippen LogP contribution in [0.3, 0.4) is 0 Å². The van der Waals surface area contributed by atoms with E-state index in [0.717, 1.165) is 5.56 Å². The largest absolute Gasteiger partial charge is 0.420 e. The summed E-state index contributed by atoms with van der Waals surface area (Å²) < 4.78 is 6.47. The number of hydrogen-bond donors (Lipinski definition) is 1. The Balaban J connectivity index is 1.75. The number of para-hydroxylation sites is 2. The van der Waals surface area contributed by atoms with Gasteiger partial charge in [-0.15, -0.1) is 0 Å². The summed E-state index contributed by atoms with van der Waals surface area (Å²) in [7, 11) is 0. The Bertz CT molecular complexity index is 891. The maximum Gasteiger partial charge on any atom is 0.420 e. The molecule has 5 heteroatoms. The molecule has 0 aliphatic rings. The van der Waals surface area contributed by atoms with Crippen molar-refractivity contribution in [3.63, 3.8) is 0 Å². The Hall–Kier alpha value is -2.82. The maximum atomic E-state index is 12.2. The van der Waals surface area contributed by atoms with E-state index < -0.39 is 5.76 Å². The van der Waals surface area contributed by atoms with Crippen molar-refractivity contribution >= 4 is 17.0 Å². The van der Waals surface area contributed by atoms with Crippen LogP contribution in [0.2, 0.25) is 0 Å². The molecule has 1 aromatic heterocycles. The van der Waals surface area contributed by atoms with Gasteiger partial charge in [-0.25, -0.2) is 4.79 Å². The number of nitrogens with one attached hydrogen (secondary N) is 1. The lowest BCUT2D eigenvalue weighted by molar-refractivity contribution is -0.122. The minimum atomic E-state index is -0.524. The minimum Gasteiger partial charge on any atom is -0.408 e. The summed E-state index contributed by atoms with van der Waals surface area (Å²) >= 11 is 0. The first-order chi connectivity index (χ1) is 11.0. The van der Waals surface area contributed by atoms with Gasteiger partial charge in [-0.2, -0.15) is 0 Å². The molecule has 118 valence electrons. The van der Waals surface area contributed by atoms with Crippen LogP contribution in [0.4, 0.5) is 0 Å². The van der Waals surface area contributed by atoms with Crippen molar-refractivity contribution in [3.8, 4) is 0 Å². The van der Waals surface area contributed by atoms with Gasteiger partial charge in [0.05, 0.1) is 11.6 Å². The zero-order valence-corrected chi connectivity index (χ0v) is 13.1. The predicted molar refractivity (Wildman–Crippen MR) is 88.2 cm³/mol. The van der Waals surface area contributed by atoms with E-state index in [1.165, 1.54) is 10.1 Å². The molecule has 0 saturated carbocycles. The predicted octanol–water partition coefficient (Wildman–Crippen LogP) is 2.78. The summed E-state index contributed by atoms with van der Waals surface area (Å²) in [6.07, 6.45) is 0. The van der Waals surface area contributed by atoms with Gasteiger partial charge < -0.3 is 9.73 Å². The molecule has 1 unspecified atom stereocenters. The zero-order valence-electron chi connectivity index (χ0n) is 13.1. The van der Waals surface area contributed by atoms with Gasteiger partial charge in [0.15, 0.2) is 5.58 Å². The first-order valence-corrected chi connectivity index (χ1v) is 7.49. The van der Waals surface area contributed by atoms with Gasteiger partial charge in [0.1, 0.15) is 6.54 Å². The highest BCUT2D eigenvalue weighted by Gasteiger charge is 2.14. The van der Waals surface area contributed by atoms with Crippen LogP contribution in [0.5, 0.6) is 0 Å². The summed E-state index contributed by atoms with van der Waals surface area (Å²) in [5.74, 6) is -0.754. The SMILES string of the molecule is Cc1ccc(C(C)NC(=O)Cn2c(=O)oc3ccccc32)cc1. The van der Waals surface area contributed by atoms with Gasteiger partial charge in [-0.1, -0.05) is 42.0 Å². The number of oxazole rings is 1. The summed E-state index contributed by atoms with van der Waals surface area (Å²) in [4.78, 5) is 24.1. The molecule has 0 saturated heterocycles. The topological polar surface area (TPSA) is 64.2 Å². The lowest BCUT2D eigenvalue weighted by Crippen LogP contribution is -2.32. The summed E-state index contributed by atoms with van der Waals surface area (Å²) in [6, 6.07) is 14.9. The number of fused-ring (bicyclic) bond motifs is 1. The molecule has 3 rings (SSSR count). The number of carbonyl (C=O) groups excluding carboxylic acids is 1. The monoisotopic (exact) mass is 310 g/mol. The van der Waals surface area contributed by atoms with Gasteiger partial charge in [0, 0.05) is 0 Å². The summed E-state index contributed by atoms with van der Waals surface area (Å²) in [6.45, 7) is 3.87. The molecule has 23 heavy (non-hydrogen) atoms.